The Hall–Kier alpha value is -0.610. The SMILES string of the molecule is O=[N+]([O-])c1cc(Cl)ccc1CC1CCCCC1Br. The van der Waals surface area contributed by atoms with E-state index in [0.717, 1.165) is 24.8 Å². The first kappa shape index (κ1) is 13.8. The number of rotatable bonds is 3. The maximum absolute atomic E-state index is 11.0. The fraction of sp³-hybridized carbons (Fsp3) is 0.538. The Balaban J connectivity index is 2.20. The van der Waals surface area contributed by atoms with Crippen LogP contribution in [0.3, 0.4) is 0 Å². The smallest absolute Gasteiger partial charge is 0.258 e. The predicted octanol–water partition coefficient (Wildman–Crippen LogP) is 4.74. The number of benzene rings is 1. The van der Waals surface area contributed by atoms with Crippen LogP contribution in [0.25, 0.3) is 0 Å². The molecule has 18 heavy (non-hydrogen) atoms. The molecular formula is C13H15BrClNO2. The number of hydrogen-bond acceptors (Lipinski definition) is 2. The molecule has 5 heteroatoms. The topological polar surface area (TPSA) is 43.1 Å². The van der Waals surface area contributed by atoms with Crippen LogP contribution in [0.5, 0.6) is 0 Å². The second kappa shape index (κ2) is 6.02. The van der Waals surface area contributed by atoms with E-state index in [4.69, 9.17) is 11.6 Å². The second-order valence-corrected chi connectivity index (χ2v) is 6.41. The number of alkyl halides is 1. The van der Waals surface area contributed by atoms with Gasteiger partial charge in [0.25, 0.3) is 5.69 Å². The lowest BCUT2D eigenvalue weighted by atomic mass is 9.84. The summed E-state index contributed by atoms with van der Waals surface area (Å²) in [5.41, 5.74) is 0.938. The van der Waals surface area contributed by atoms with Crippen LogP contribution in [0, 0.1) is 16.0 Å². The zero-order chi connectivity index (χ0) is 13.1. The Morgan fingerprint density at radius 1 is 1.39 bits per heavy atom. The summed E-state index contributed by atoms with van der Waals surface area (Å²) in [5.74, 6) is 0.485. The van der Waals surface area contributed by atoms with E-state index in [1.54, 1.807) is 12.1 Å². The maximum atomic E-state index is 11.0. The van der Waals surface area contributed by atoms with Gasteiger partial charge in [0.2, 0.25) is 0 Å². The van der Waals surface area contributed by atoms with Gasteiger partial charge in [-0.25, -0.2) is 0 Å². The van der Waals surface area contributed by atoms with Crippen molar-refractivity contribution in [3.8, 4) is 0 Å². The minimum absolute atomic E-state index is 0.146. The fourth-order valence-corrected chi connectivity index (χ4v) is 3.50. The third kappa shape index (κ3) is 3.23. The molecule has 1 aromatic carbocycles. The van der Waals surface area contributed by atoms with Gasteiger partial charge in [0, 0.05) is 21.5 Å². The summed E-state index contributed by atoms with van der Waals surface area (Å²) in [6.45, 7) is 0. The molecule has 98 valence electrons. The van der Waals surface area contributed by atoms with Crippen LogP contribution in [0.4, 0.5) is 5.69 Å². The highest BCUT2D eigenvalue weighted by atomic mass is 79.9. The van der Waals surface area contributed by atoms with Gasteiger partial charge in [0.15, 0.2) is 0 Å². The number of nitrogens with zero attached hydrogens (tertiary/aromatic N) is 1. The Morgan fingerprint density at radius 2 is 2.11 bits per heavy atom. The molecule has 0 heterocycles. The van der Waals surface area contributed by atoms with E-state index in [1.165, 1.54) is 18.9 Å². The van der Waals surface area contributed by atoms with E-state index in [2.05, 4.69) is 15.9 Å². The first-order valence-corrected chi connectivity index (χ1v) is 7.44. The molecule has 1 aliphatic rings. The maximum Gasteiger partial charge on any atom is 0.274 e. The molecule has 0 aliphatic heterocycles. The normalized spacial score (nSPS) is 23.9. The Bertz CT molecular complexity index is 453. The first-order valence-electron chi connectivity index (χ1n) is 6.15. The van der Waals surface area contributed by atoms with Crippen molar-refractivity contribution in [1.82, 2.24) is 0 Å². The van der Waals surface area contributed by atoms with Gasteiger partial charge in [-0.2, -0.15) is 0 Å². The van der Waals surface area contributed by atoms with E-state index >= 15 is 0 Å². The monoisotopic (exact) mass is 331 g/mol. The molecule has 1 aliphatic carbocycles. The van der Waals surface area contributed by atoms with Crippen LogP contribution in [-0.2, 0) is 6.42 Å². The van der Waals surface area contributed by atoms with Gasteiger partial charge in [0.05, 0.1) is 4.92 Å². The van der Waals surface area contributed by atoms with Gasteiger partial charge < -0.3 is 0 Å². The summed E-state index contributed by atoms with van der Waals surface area (Å²) in [4.78, 5) is 11.2. The van der Waals surface area contributed by atoms with E-state index in [-0.39, 0.29) is 10.6 Å². The Morgan fingerprint density at radius 3 is 2.78 bits per heavy atom. The third-order valence-electron chi connectivity index (χ3n) is 3.54. The summed E-state index contributed by atoms with van der Waals surface area (Å²) in [6.07, 6.45) is 5.51. The number of hydrogen-bond donors (Lipinski definition) is 0. The molecule has 2 atom stereocenters. The standard InChI is InChI=1S/C13H15BrClNO2/c14-12-4-2-1-3-9(12)7-10-5-6-11(15)8-13(10)16(17)18/h5-6,8-9,12H,1-4,7H2. The van der Waals surface area contributed by atoms with Crippen molar-refractivity contribution in [2.75, 3.05) is 0 Å². The number of nitro benzene ring substituents is 1. The molecule has 0 saturated heterocycles. The van der Waals surface area contributed by atoms with Crippen LogP contribution >= 0.6 is 27.5 Å². The molecule has 0 bridgehead atoms. The predicted molar refractivity (Wildman–Crippen MR) is 76.5 cm³/mol. The van der Waals surface area contributed by atoms with Crippen LogP contribution < -0.4 is 0 Å². The van der Waals surface area contributed by atoms with Crippen LogP contribution in [0.2, 0.25) is 5.02 Å². The Labute approximate surface area is 120 Å². The van der Waals surface area contributed by atoms with Crippen molar-refractivity contribution in [3.05, 3.63) is 38.9 Å². The molecule has 0 amide bonds. The van der Waals surface area contributed by atoms with Gasteiger partial charge in [-0.05, 0) is 31.2 Å². The molecule has 1 saturated carbocycles. The van der Waals surface area contributed by atoms with Crippen molar-refractivity contribution in [2.45, 2.75) is 36.9 Å². The largest absolute Gasteiger partial charge is 0.274 e. The summed E-state index contributed by atoms with van der Waals surface area (Å²) in [7, 11) is 0. The Kier molecular flexibility index (Phi) is 4.62. The van der Waals surface area contributed by atoms with Crippen molar-refractivity contribution in [1.29, 1.82) is 0 Å². The molecule has 0 radical (unpaired) electrons. The van der Waals surface area contributed by atoms with Gasteiger partial charge in [-0.3, -0.25) is 10.1 Å². The fourth-order valence-electron chi connectivity index (χ4n) is 2.55. The molecule has 1 fully saturated rings. The highest BCUT2D eigenvalue weighted by molar-refractivity contribution is 9.09. The first-order chi connectivity index (χ1) is 8.58. The highest BCUT2D eigenvalue weighted by Crippen LogP contribution is 2.35. The molecular weight excluding hydrogens is 318 g/mol. The molecule has 1 aromatic rings. The quantitative estimate of drug-likeness (QED) is 0.455. The van der Waals surface area contributed by atoms with Crippen LogP contribution in [0.1, 0.15) is 31.2 Å². The van der Waals surface area contributed by atoms with Crippen molar-refractivity contribution < 1.29 is 4.92 Å². The minimum atomic E-state index is -0.340. The molecule has 3 nitrogen and oxygen atoms in total. The average molecular weight is 333 g/mol. The molecule has 0 spiro atoms. The summed E-state index contributed by atoms with van der Waals surface area (Å²) in [6, 6.07) is 4.97. The minimum Gasteiger partial charge on any atom is -0.258 e. The molecule has 2 rings (SSSR count). The van der Waals surface area contributed by atoms with E-state index in [0.29, 0.717) is 15.8 Å². The summed E-state index contributed by atoms with van der Waals surface area (Å²) in [5, 5.41) is 11.5. The molecule has 0 aromatic heterocycles. The summed E-state index contributed by atoms with van der Waals surface area (Å²) >= 11 is 9.51. The lowest BCUT2D eigenvalue weighted by Crippen LogP contribution is -2.21. The highest BCUT2D eigenvalue weighted by Gasteiger charge is 2.25. The van der Waals surface area contributed by atoms with Crippen molar-refractivity contribution >= 4 is 33.2 Å². The summed E-state index contributed by atoms with van der Waals surface area (Å²) < 4.78 is 0. The lowest BCUT2D eigenvalue weighted by Gasteiger charge is -2.27. The molecule has 0 N–H and O–H groups in total. The second-order valence-electron chi connectivity index (χ2n) is 4.79. The van der Waals surface area contributed by atoms with Crippen molar-refractivity contribution in [2.24, 2.45) is 5.92 Å². The van der Waals surface area contributed by atoms with Gasteiger partial charge >= 0.3 is 0 Å². The van der Waals surface area contributed by atoms with Crippen LogP contribution in [0.15, 0.2) is 18.2 Å². The van der Waals surface area contributed by atoms with Gasteiger partial charge in [0.1, 0.15) is 0 Å². The number of nitro groups is 1. The number of halogens is 2. The zero-order valence-electron chi connectivity index (χ0n) is 9.94. The van der Waals surface area contributed by atoms with Crippen molar-refractivity contribution in [3.63, 3.8) is 0 Å². The van der Waals surface area contributed by atoms with Gasteiger partial charge in [-0.15, -0.1) is 0 Å². The van der Waals surface area contributed by atoms with E-state index in [1.807, 2.05) is 0 Å². The average Bonchev–Trinajstić information content (AvgIpc) is 2.34. The zero-order valence-corrected chi connectivity index (χ0v) is 12.3. The van der Waals surface area contributed by atoms with E-state index in [9.17, 15) is 10.1 Å². The van der Waals surface area contributed by atoms with E-state index < -0.39 is 0 Å². The third-order valence-corrected chi connectivity index (χ3v) is 4.98. The lowest BCUT2D eigenvalue weighted by molar-refractivity contribution is -0.385. The van der Waals surface area contributed by atoms with Crippen LogP contribution in [-0.4, -0.2) is 9.75 Å². The molecule has 2 unspecified atom stereocenters. The van der Waals surface area contributed by atoms with Gasteiger partial charge in [-0.1, -0.05) is 46.4 Å².